The molecule has 2 aliphatic rings. The molecule has 2 aromatic rings. The third-order valence-electron chi connectivity index (χ3n) is 6.69. The zero-order valence-corrected chi connectivity index (χ0v) is 20.4. The van der Waals surface area contributed by atoms with Gasteiger partial charge in [0, 0.05) is 35.9 Å². The van der Waals surface area contributed by atoms with E-state index in [1.165, 1.54) is 0 Å². The number of nitrogens with zero attached hydrogens (tertiary/aromatic N) is 1. The number of amides is 3. The van der Waals surface area contributed by atoms with Crippen molar-refractivity contribution in [3.63, 3.8) is 0 Å². The fourth-order valence-corrected chi connectivity index (χ4v) is 4.85. The molecule has 0 spiro atoms. The third kappa shape index (κ3) is 6.66. The monoisotopic (exact) mass is 499 g/mol. The molecule has 35 heavy (non-hydrogen) atoms. The van der Waals surface area contributed by atoms with E-state index < -0.39 is 5.97 Å². The Morgan fingerprint density at radius 2 is 1.71 bits per heavy atom. The molecule has 1 fully saturated rings. The van der Waals surface area contributed by atoms with Crippen molar-refractivity contribution in [3.05, 3.63) is 58.1 Å². The molecule has 2 aromatic carbocycles. The molecule has 1 aliphatic heterocycles. The molecule has 1 aliphatic carbocycles. The average molecular weight is 500 g/mol. The number of carbonyl (C=O) groups excluding carboxylic acids is 2. The summed E-state index contributed by atoms with van der Waals surface area (Å²) in [4.78, 5) is 37.7. The standard InChI is InChI=1S/C26H30ClN3O5/c1-16-2-6-21(14-23(16)27)29-25(33)28-20-7-5-19-15-30(11-10-18(19)13-20)26(34)35-22-8-3-17(4-9-22)12-24(31)32/h2,5-7,13-14,17,22H,3-4,8-12,15H2,1H3,(H,31,32)(H2,28,29,33). The fraction of sp³-hybridized carbons (Fsp3) is 0.423. The fourth-order valence-electron chi connectivity index (χ4n) is 4.67. The summed E-state index contributed by atoms with van der Waals surface area (Å²) < 4.78 is 5.71. The lowest BCUT2D eigenvalue weighted by Crippen LogP contribution is -2.39. The molecule has 0 bridgehead atoms. The molecule has 9 heteroatoms. The van der Waals surface area contributed by atoms with Crippen molar-refractivity contribution in [1.29, 1.82) is 0 Å². The highest BCUT2D eigenvalue weighted by atomic mass is 35.5. The Kier molecular flexibility index (Phi) is 7.80. The van der Waals surface area contributed by atoms with Crippen LogP contribution in [-0.2, 0) is 22.5 Å². The van der Waals surface area contributed by atoms with Gasteiger partial charge in [-0.15, -0.1) is 0 Å². The molecule has 3 N–H and O–H groups in total. The molecule has 4 rings (SSSR count). The summed E-state index contributed by atoms with van der Waals surface area (Å²) in [6.07, 6.45) is 3.34. The van der Waals surface area contributed by atoms with E-state index in [1.54, 1.807) is 17.0 Å². The number of carbonyl (C=O) groups is 3. The predicted octanol–water partition coefficient (Wildman–Crippen LogP) is 5.82. The minimum Gasteiger partial charge on any atom is -0.481 e. The Bertz CT molecular complexity index is 1110. The van der Waals surface area contributed by atoms with Crippen LogP contribution in [0, 0.1) is 12.8 Å². The highest BCUT2D eigenvalue weighted by molar-refractivity contribution is 6.31. The van der Waals surface area contributed by atoms with Crippen LogP contribution < -0.4 is 10.6 Å². The number of hydrogen-bond donors (Lipinski definition) is 3. The molecular weight excluding hydrogens is 470 g/mol. The number of carboxylic acid groups (broad SMARTS) is 1. The van der Waals surface area contributed by atoms with E-state index in [9.17, 15) is 14.4 Å². The van der Waals surface area contributed by atoms with Crippen LogP contribution in [0.15, 0.2) is 36.4 Å². The largest absolute Gasteiger partial charge is 0.481 e. The van der Waals surface area contributed by atoms with Gasteiger partial charge in [-0.05, 0) is 85.9 Å². The first kappa shape index (κ1) is 24.9. The number of anilines is 2. The van der Waals surface area contributed by atoms with E-state index in [-0.39, 0.29) is 30.6 Å². The van der Waals surface area contributed by atoms with Crippen LogP contribution >= 0.6 is 11.6 Å². The highest BCUT2D eigenvalue weighted by Gasteiger charge is 2.28. The minimum atomic E-state index is -0.771. The van der Waals surface area contributed by atoms with E-state index in [4.69, 9.17) is 21.4 Å². The van der Waals surface area contributed by atoms with Gasteiger partial charge in [0.1, 0.15) is 6.10 Å². The number of ether oxygens (including phenoxy) is 1. The number of carboxylic acids is 1. The second kappa shape index (κ2) is 11.0. The highest BCUT2D eigenvalue weighted by Crippen LogP contribution is 2.30. The second-order valence-corrected chi connectivity index (χ2v) is 9.73. The molecule has 8 nitrogen and oxygen atoms in total. The lowest BCUT2D eigenvalue weighted by atomic mass is 9.85. The molecule has 0 saturated heterocycles. The van der Waals surface area contributed by atoms with E-state index >= 15 is 0 Å². The summed E-state index contributed by atoms with van der Waals surface area (Å²) >= 11 is 6.12. The van der Waals surface area contributed by atoms with Gasteiger partial charge in [0.2, 0.25) is 0 Å². The molecule has 0 radical (unpaired) electrons. The van der Waals surface area contributed by atoms with Crippen LogP contribution in [0.25, 0.3) is 0 Å². The SMILES string of the molecule is Cc1ccc(NC(=O)Nc2ccc3c(c2)CCN(C(=O)OC2CCC(CC(=O)O)CC2)C3)cc1Cl. The van der Waals surface area contributed by atoms with Crippen molar-refractivity contribution in [1.82, 2.24) is 4.90 Å². The Balaban J connectivity index is 1.27. The maximum Gasteiger partial charge on any atom is 0.410 e. The summed E-state index contributed by atoms with van der Waals surface area (Å²) in [6.45, 7) is 2.89. The zero-order chi connectivity index (χ0) is 24.9. The second-order valence-electron chi connectivity index (χ2n) is 9.32. The van der Waals surface area contributed by atoms with E-state index in [1.807, 2.05) is 31.2 Å². The lowest BCUT2D eigenvalue weighted by Gasteiger charge is -2.32. The number of aryl methyl sites for hydroxylation is 1. The van der Waals surface area contributed by atoms with Crippen LogP contribution in [0.3, 0.4) is 0 Å². The van der Waals surface area contributed by atoms with Crippen molar-refractivity contribution in [2.24, 2.45) is 5.92 Å². The van der Waals surface area contributed by atoms with Gasteiger partial charge in [0.15, 0.2) is 0 Å². The number of rotatable bonds is 5. The summed E-state index contributed by atoms with van der Waals surface area (Å²) in [7, 11) is 0. The summed E-state index contributed by atoms with van der Waals surface area (Å²) in [6, 6.07) is 10.7. The first-order valence-corrected chi connectivity index (χ1v) is 12.3. The van der Waals surface area contributed by atoms with Crippen molar-refractivity contribution in [2.75, 3.05) is 17.2 Å². The number of benzene rings is 2. The molecule has 3 amide bonds. The number of aliphatic carboxylic acids is 1. The van der Waals surface area contributed by atoms with Gasteiger partial charge in [-0.2, -0.15) is 0 Å². The number of nitrogens with one attached hydrogen (secondary N) is 2. The molecule has 1 saturated carbocycles. The quantitative estimate of drug-likeness (QED) is 0.480. The van der Waals surface area contributed by atoms with Gasteiger partial charge in [-0.3, -0.25) is 4.79 Å². The van der Waals surface area contributed by atoms with Gasteiger partial charge in [0.05, 0.1) is 0 Å². The van der Waals surface area contributed by atoms with Gasteiger partial charge in [-0.1, -0.05) is 23.7 Å². The molecule has 186 valence electrons. The van der Waals surface area contributed by atoms with E-state index in [0.29, 0.717) is 48.7 Å². The number of fused-ring (bicyclic) bond motifs is 1. The maximum absolute atomic E-state index is 12.7. The molecule has 1 heterocycles. The average Bonchev–Trinajstić information content (AvgIpc) is 2.82. The number of urea groups is 1. The topological polar surface area (TPSA) is 108 Å². The van der Waals surface area contributed by atoms with Crippen LogP contribution in [0.4, 0.5) is 21.0 Å². The first-order chi connectivity index (χ1) is 16.8. The Morgan fingerprint density at radius 3 is 2.40 bits per heavy atom. The van der Waals surface area contributed by atoms with Crippen molar-refractivity contribution in [2.45, 2.75) is 58.1 Å². The maximum atomic E-state index is 12.7. The molecule has 0 unspecified atom stereocenters. The lowest BCUT2D eigenvalue weighted by molar-refractivity contribution is -0.138. The normalized spacial score (nSPS) is 19.4. The van der Waals surface area contributed by atoms with Gasteiger partial charge >= 0.3 is 18.1 Å². The van der Waals surface area contributed by atoms with Crippen LogP contribution in [0.2, 0.25) is 5.02 Å². The van der Waals surface area contributed by atoms with Crippen molar-refractivity contribution in [3.8, 4) is 0 Å². The van der Waals surface area contributed by atoms with E-state index in [0.717, 1.165) is 29.5 Å². The Morgan fingerprint density at radius 1 is 1.03 bits per heavy atom. The van der Waals surface area contributed by atoms with Crippen LogP contribution in [0.1, 0.15) is 48.8 Å². The Hall–Kier alpha value is -3.26. The summed E-state index contributed by atoms with van der Waals surface area (Å²) in [5.74, 6) is -0.600. The van der Waals surface area contributed by atoms with Crippen LogP contribution in [-0.4, -0.2) is 40.7 Å². The Labute approximate surface area is 209 Å². The van der Waals surface area contributed by atoms with Gasteiger partial charge < -0.3 is 25.4 Å². The van der Waals surface area contributed by atoms with Crippen LogP contribution in [0.5, 0.6) is 0 Å². The smallest absolute Gasteiger partial charge is 0.410 e. The van der Waals surface area contributed by atoms with E-state index in [2.05, 4.69) is 10.6 Å². The summed E-state index contributed by atoms with van der Waals surface area (Å²) in [5, 5.41) is 15.2. The third-order valence-corrected chi connectivity index (χ3v) is 7.10. The number of halogens is 1. The molecule has 0 atom stereocenters. The molecule has 0 aromatic heterocycles. The predicted molar refractivity (Wildman–Crippen MR) is 134 cm³/mol. The van der Waals surface area contributed by atoms with Crippen molar-refractivity contribution < 1.29 is 24.2 Å². The number of hydrogen-bond acceptors (Lipinski definition) is 4. The van der Waals surface area contributed by atoms with Gasteiger partial charge in [-0.25, -0.2) is 9.59 Å². The minimum absolute atomic E-state index is 0.151. The summed E-state index contributed by atoms with van der Waals surface area (Å²) in [5.41, 5.74) is 4.33. The molecular formula is C26H30ClN3O5. The first-order valence-electron chi connectivity index (χ1n) is 11.9. The van der Waals surface area contributed by atoms with Gasteiger partial charge in [0.25, 0.3) is 0 Å². The zero-order valence-electron chi connectivity index (χ0n) is 19.7. The van der Waals surface area contributed by atoms with Crippen molar-refractivity contribution >= 4 is 41.1 Å².